The van der Waals surface area contributed by atoms with Crippen LogP contribution in [-0.2, 0) is 5.88 Å². The van der Waals surface area contributed by atoms with E-state index in [1.807, 2.05) is 44.2 Å². The summed E-state index contributed by atoms with van der Waals surface area (Å²) in [6.45, 7) is 3.97. The van der Waals surface area contributed by atoms with Crippen molar-refractivity contribution in [3.63, 3.8) is 0 Å². The summed E-state index contributed by atoms with van der Waals surface area (Å²) in [5.41, 5.74) is 2.99. The molecular weight excluding hydrogens is 234 g/mol. The van der Waals surface area contributed by atoms with E-state index < -0.39 is 0 Å². The van der Waals surface area contributed by atoms with Gasteiger partial charge in [0.15, 0.2) is 0 Å². The minimum absolute atomic E-state index is 0.397. The molecule has 0 aliphatic rings. The normalized spacial score (nSPS) is 10.3. The zero-order chi connectivity index (χ0) is 12.3. The van der Waals surface area contributed by atoms with Crippen molar-refractivity contribution in [1.29, 1.82) is 0 Å². The molecule has 2 rings (SSSR count). The molecule has 1 heterocycles. The molecule has 88 valence electrons. The van der Waals surface area contributed by atoms with E-state index in [0.29, 0.717) is 5.88 Å². The summed E-state index contributed by atoms with van der Waals surface area (Å²) in [6, 6.07) is 9.83. The fourth-order valence-corrected chi connectivity index (χ4v) is 1.76. The number of aryl methyl sites for hydroxylation is 2. The van der Waals surface area contributed by atoms with Crippen molar-refractivity contribution >= 4 is 11.6 Å². The Bertz CT molecular complexity index is 525. The zero-order valence-electron chi connectivity index (χ0n) is 9.90. The van der Waals surface area contributed by atoms with Crippen molar-refractivity contribution in [3.05, 3.63) is 53.3 Å². The second-order valence-electron chi connectivity index (χ2n) is 3.99. The molecule has 0 atom stereocenters. The first-order valence-corrected chi connectivity index (χ1v) is 5.98. The van der Waals surface area contributed by atoms with Gasteiger partial charge in [-0.2, -0.15) is 0 Å². The van der Waals surface area contributed by atoms with Gasteiger partial charge >= 0.3 is 0 Å². The molecule has 0 spiro atoms. The zero-order valence-corrected chi connectivity index (χ0v) is 10.7. The first-order valence-electron chi connectivity index (χ1n) is 5.45. The number of ether oxygens (including phenoxy) is 1. The summed E-state index contributed by atoms with van der Waals surface area (Å²) in [6.07, 6.45) is 1.76. The largest absolute Gasteiger partial charge is 0.457 e. The standard InChI is InChI=1S/C14H14ClNO/c1-10-4-3-5-13(6-10)17-14-7-11(2)16-9-12(14)8-15/h3-7,9H,8H2,1-2H3. The molecule has 1 aromatic heterocycles. The summed E-state index contributed by atoms with van der Waals surface area (Å²) in [7, 11) is 0. The molecule has 3 heteroatoms. The van der Waals surface area contributed by atoms with E-state index in [9.17, 15) is 0 Å². The highest BCUT2D eigenvalue weighted by molar-refractivity contribution is 6.17. The second-order valence-corrected chi connectivity index (χ2v) is 4.25. The highest BCUT2D eigenvalue weighted by Gasteiger charge is 2.05. The SMILES string of the molecule is Cc1cccc(Oc2cc(C)ncc2CCl)c1. The fraction of sp³-hybridized carbons (Fsp3) is 0.214. The van der Waals surface area contributed by atoms with Crippen molar-refractivity contribution in [2.75, 3.05) is 0 Å². The van der Waals surface area contributed by atoms with Crippen LogP contribution in [0.15, 0.2) is 36.5 Å². The molecule has 2 nitrogen and oxygen atoms in total. The van der Waals surface area contributed by atoms with E-state index in [1.165, 1.54) is 5.56 Å². The van der Waals surface area contributed by atoms with E-state index in [4.69, 9.17) is 16.3 Å². The third-order valence-corrected chi connectivity index (χ3v) is 2.73. The minimum atomic E-state index is 0.397. The molecule has 0 saturated carbocycles. The Morgan fingerprint density at radius 2 is 2.06 bits per heavy atom. The Morgan fingerprint density at radius 3 is 2.76 bits per heavy atom. The lowest BCUT2D eigenvalue weighted by Gasteiger charge is -2.10. The van der Waals surface area contributed by atoms with Gasteiger partial charge in [0.25, 0.3) is 0 Å². The van der Waals surface area contributed by atoms with E-state index in [0.717, 1.165) is 22.8 Å². The lowest BCUT2D eigenvalue weighted by atomic mass is 10.2. The van der Waals surface area contributed by atoms with Crippen LogP contribution in [0.5, 0.6) is 11.5 Å². The number of nitrogens with zero attached hydrogens (tertiary/aromatic N) is 1. The number of alkyl halides is 1. The molecule has 0 amide bonds. The Labute approximate surface area is 106 Å². The van der Waals surface area contributed by atoms with E-state index >= 15 is 0 Å². The summed E-state index contributed by atoms with van der Waals surface area (Å²) < 4.78 is 5.84. The number of hydrogen-bond acceptors (Lipinski definition) is 2. The van der Waals surface area contributed by atoms with Crippen LogP contribution in [0.3, 0.4) is 0 Å². The third-order valence-electron chi connectivity index (χ3n) is 2.44. The van der Waals surface area contributed by atoms with Crippen LogP contribution in [0.2, 0.25) is 0 Å². The Hall–Kier alpha value is -1.54. The Kier molecular flexibility index (Phi) is 3.64. The third kappa shape index (κ3) is 2.98. The molecule has 0 aliphatic heterocycles. The summed E-state index contributed by atoms with van der Waals surface area (Å²) in [5.74, 6) is 1.99. The van der Waals surface area contributed by atoms with Gasteiger partial charge in [-0.25, -0.2) is 0 Å². The van der Waals surface area contributed by atoms with Crippen molar-refractivity contribution in [2.24, 2.45) is 0 Å². The van der Waals surface area contributed by atoms with Gasteiger partial charge in [0.05, 0.1) is 5.88 Å². The summed E-state index contributed by atoms with van der Waals surface area (Å²) >= 11 is 5.86. The predicted octanol–water partition coefficient (Wildman–Crippen LogP) is 4.23. The number of aromatic nitrogens is 1. The second kappa shape index (κ2) is 5.19. The monoisotopic (exact) mass is 247 g/mol. The highest BCUT2D eigenvalue weighted by atomic mass is 35.5. The number of pyridine rings is 1. The predicted molar refractivity (Wildman–Crippen MR) is 69.8 cm³/mol. The van der Waals surface area contributed by atoms with Gasteiger partial charge < -0.3 is 4.74 Å². The van der Waals surface area contributed by atoms with Crippen molar-refractivity contribution in [3.8, 4) is 11.5 Å². The molecule has 0 bridgehead atoms. The Morgan fingerprint density at radius 1 is 1.24 bits per heavy atom. The average molecular weight is 248 g/mol. The van der Waals surface area contributed by atoms with Gasteiger partial charge in [0.1, 0.15) is 11.5 Å². The molecule has 0 aliphatic carbocycles. The minimum Gasteiger partial charge on any atom is -0.457 e. The van der Waals surface area contributed by atoms with Crippen molar-refractivity contribution in [1.82, 2.24) is 4.98 Å². The molecule has 17 heavy (non-hydrogen) atoms. The maximum absolute atomic E-state index is 5.86. The van der Waals surface area contributed by atoms with Gasteiger partial charge in [0, 0.05) is 23.5 Å². The molecule has 1 aromatic carbocycles. The molecule has 0 saturated heterocycles. The van der Waals surface area contributed by atoms with Crippen LogP contribution in [0.1, 0.15) is 16.8 Å². The van der Waals surface area contributed by atoms with Crippen molar-refractivity contribution in [2.45, 2.75) is 19.7 Å². The maximum Gasteiger partial charge on any atom is 0.135 e. The van der Waals surface area contributed by atoms with E-state index in [2.05, 4.69) is 4.98 Å². The molecule has 0 radical (unpaired) electrons. The first-order chi connectivity index (χ1) is 8.19. The van der Waals surface area contributed by atoms with Crippen LogP contribution in [-0.4, -0.2) is 4.98 Å². The van der Waals surface area contributed by atoms with Crippen molar-refractivity contribution < 1.29 is 4.74 Å². The van der Waals surface area contributed by atoms with Crippen LogP contribution in [0.4, 0.5) is 0 Å². The number of benzene rings is 1. The molecular formula is C14H14ClNO. The quantitative estimate of drug-likeness (QED) is 0.758. The average Bonchev–Trinajstić information content (AvgIpc) is 2.29. The Balaban J connectivity index is 2.32. The van der Waals surface area contributed by atoms with Gasteiger partial charge in [-0.1, -0.05) is 12.1 Å². The van der Waals surface area contributed by atoms with Crippen LogP contribution < -0.4 is 4.74 Å². The van der Waals surface area contributed by atoms with Crippen LogP contribution in [0.25, 0.3) is 0 Å². The molecule has 2 aromatic rings. The first kappa shape index (κ1) is 11.9. The molecule has 0 N–H and O–H groups in total. The fourth-order valence-electron chi connectivity index (χ4n) is 1.56. The van der Waals surface area contributed by atoms with Gasteiger partial charge in [-0.3, -0.25) is 4.98 Å². The van der Waals surface area contributed by atoms with Gasteiger partial charge in [-0.15, -0.1) is 11.6 Å². The lowest BCUT2D eigenvalue weighted by Crippen LogP contribution is -1.93. The highest BCUT2D eigenvalue weighted by Crippen LogP contribution is 2.27. The summed E-state index contributed by atoms with van der Waals surface area (Å²) in [4.78, 5) is 4.21. The smallest absolute Gasteiger partial charge is 0.135 e. The van der Waals surface area contributed by atoms with E-state index in [-0.39, 0.29) is 0 Å². The topological polar surface area (TPSA) is 22.1 Å². The maximum atomic E-state index is 5.86. The van der Waals surface area contributed by atoms with Gasteiger partial charge in [0.2, 0.25) is 0 Å². The molecule has 0 fully saturated rings. The molecule has 0 unspecified atom stereocenters. The lowest BCUT2D eigenvalue weighted by molar-refractivity contribution is 0.476. The summed E-state index contributed by atoms with van der Waals surface area (Å²) in [5, 5.41) is 0. The number of halogens is 1. The van der Waals surface area contributed by atoms with E-state index in [1.54, 1.807) is 6.20 Å². The van der Waals surface area contributed by atoms with Gasteiger partial charge in [-0.05, 0) is 31.5 Å². The number of rotatable bonds is 3. The van der Waals surface area contributed by atoms with Crippen LogP contribution in [0, 0.1) is 13.8 Å². The number of hydrogen-bond donors (Lipinski definition) is 0. The van der Waals surface area contributed by atoms with Crippen LogP contribution >= 0.6 is 11.6 Å².